The minimum Gasteiger partial charge on any atom is -0.466 e. The van der Waals surface area contributed by atoms with Crippen molar-refractivity contribution in [2.24, 2.45) is 4.99 Å². The molecule has 0 radical (unpaired) electrons. The van der Waals surface area contributed by atoms with Crippen molar-refractivity contribution in [2.45, 2.75) is 90.1 Å². The number of hydrogen-bond acceptors (Lipinski definition) is 8. The van der Waals surface area contributed by atoms with Gasteiger partial charge in [-0.3, -0.25) is 19.5 Å². The van der Waals surface area contributed by atoms with Gasteiger partial charge in [0, 0.05) is 38.4 Å². The molecule has 0 bridgehead atoms. The Bertz CT molecular complexity index is 1050. The van der Waals surface area contributed by atoms with E-state index in [0.717, 1.165) is 37.1 Å². The summed E-state index contributed by atoms with van der Waals surface area (Å²) in [5.74, 6) is 0.442. The van der Waals surface area contributed by atoms with E-state index in [1.165, 1.54) is 29.5 Å². The fraction of sp³-hybridized carbons (Fsp3) is 0.700. The van der Waals surface area contributed by atoms with Crippen LogP contribution in [-0.4, -0.2) is 78.1 Å². The molecule has 38 heavy (non-hydrogen) atoms. The minimum absolute atomic E-state index is 0.177. The monoisotopic (exact) mass is 543 g/mol. The van der Waals surface area contributed by atoms with Gasteiger partial charge in [0.05, 0.1) is 19.3 Å². The van der Waals surface area contributed by atoms with E-state index in [4.69, 9.17) is 14.5 Å². The molecule has 0 N–H and O–H groups in total. The Hall–Kier alpha value is -2.06. The summed E-state index contributed by atoms with van der Waals surface area (Å²) in [6, 6.07) is 6.84. The Balaban J connectivity index is 1.41. The summed E-state index contributed by atoms with van der Waals surface area (Å²) in [5.41, 5.74) is 4.71. The summed E-state index contributed by atoms with van der Waals surface area (Å²) in [5, 5.41) is 1.10. The smallest absolute Gasteiger partial charge is 0.323 e. The molecule has 0 amide bonds. The van der Waals surface area contributed by atoms with Crippen LogP contribution < -0.4 is 0 Å². The van der Waals surface area contributed by atoms with Crippen molar-refractivity contribution in [3.8, 4) is 0 Å². The molecule has 1 aromatic carbocycles. The molecule has 2 atom stereocenters. The highest BCUT2D eigenvalue weighted by Gasteiger charge is 2.38. The molecular weight excluding hydrogens is 498 g/mol. The number of piperazine rings is 1. The third-order valence-corrected chi connectivity index (χ3v) is 9.51. The Morgan fingerprint density at radius 1 is 1.00 bits per heavy atom. The summed E-state index contributed by atoms with van der Waals surface area (Å²) in [6.45, 7) is 16.9. The second-order valence-electron chi connectivity index (χ2n) is 11.9. The van der Waals surface area contributed by atoms with Crippen LogP contribution in [0.4, 0.5) is 0 Å². The number of benzene rings is 1. The number of carbonyl (C=O) groups excluding carboxylic acids is 2. The summed E-state index contributed by atoms with van der Waals surface area (Å²) in [6.07, 6.45) is 3.07. The van der Waals surface area contributed by atoms with Gasteiger partial charge < -0.3 is 14.4 Å². The molecule has 0 spiro atoms. The zero-order valence-corrected chi connectivity index (χ0v) is 24.9. The van der Waals surface area contributed by atoms with Crippen LogP contribution in [0.25, 0.3) is 0 Å². The molecule has 2 unspecified atom stereocenters. The zero-order chi connectivity index (χ0) is 27.5. The largest absolute Gasteiger partial charge is 0.466 e. The zero-order valence-electron chi connectivity index (χ0n) is 24.0. The highest BCUT2D eigenvalue weighted by atomic mass is 32.2. The molecule has 2 aliphatic heterocycles. The van der Waals surface area contributed by atoms with Crippen molar-refractivity contribution in [3.05, 3.63) is 34.9 Å². The highest BCUT2D eigenvalue weighted by Crippen LogP contribution is 2.47. The van der Waals surface area contributed by atoms with E-state index < -0.39 is 6.04 Å². The normalized spacial score (nSPS) is 23.4. The third-order valence-electron chi connectivity index (χ3n) is 8.41. The molecule has 1 aliphatic carbocycles. The highest BCUT2D eigenvalue weighted by molar-refractivity contribution is 8.14. The van der Waals surface area contributed by atoms with Crippen LogP contribution in [0.2, 0.25) is 0 Å². The first kappa shape index (κ1) is 28.9. The maximum absolute atomic E-state index is 12.7. The average molecular weight is 544 g/mol. The Morgan fingerprint density at radius 2 is 1.66 bits per heavy atom. The van der Waals surface area contributed by atoms with E-state index in [2.05, 4.69) is 55.7 Å². The lowest BCUT2D eigenvalue weighted by Gasteiger charge is -2.42. The van der Waals surface area contributed by atoms with Gasteiger partial charge in [0.1, 0.15) is 6.04 Å². The summed E-state index contributed by atoms with van der Waals surface area (Å²) >= 11 is 1.84. The van der Waals surface area contributed by atoms with Gasteiger partial charge in [0.2, 0.25) is 0 Å². The second kappa shape index (κ2) is 12.0. The maximum Gasteiger partial charge on any atom is 0.323 e. The van der Waals surface area contributed by atoms with E-state index in [0.29, 0.717) is 19.6 Å². The van der Waals surface area contributed by atoms with E-state index in [-0.39, 0.29) is 35.2 Å². The fourth-order valence-electron chi connectivity index (χ4n) is 5.92. The predicted molar refractivity (Wildman–Crippen MR) is 154 cm³/mol. The third kappa shape index (κ3) is 6.39. The first-order valence-corrected chi connectivity index (χ1v) is 15.2. The summed E-state index contributed by atoms with van der Waals surface area (Å²) in [7, 11) is 0. The summed E-state index contributed by atoms with van der Waals surface area (Å²) in [4.78, 5) is 34.3. The Morgan fingerprint density at radius 3 is 2.32 bits per heavy atom. The van der Waals surface area contributed by atoms with Crippen molar-refractivity contribution in [3.63, 3.8) is 0 Å². The van der Waals surface area contributed by atoms with Gasteiger partial charge in [0.15, 0.2) is 5.17 Å². The molecule has 3 aliphatic rings. The van der Waals surface area contributed by atoms with Crippen molar-refractivity contribution >= 4 is 28.9 Å². The number of amidine groups is 1. The van der Waals surface area contributed by atoms with Gasteiger partial charge in [-0.1, -0.05) is 57.7 Å². The lowest BCUT2D eigenvalue weighted by Crippen LogP contribution is -2.53. The maximum atomic E-state index is 12.7. The average Bonchev–Trinajstić information content (AvgIpc) is 3.38. The van der Waals surface area contributed by atoms with Crippen LogP contribution >= 0.6 is 11.8 Å². The van der Waals surface area contributed by atoms with Crippen molar-refractivity contribution in [2.75, 3.05) is 45.1 Å². The van der Waals surface area contributed by atoms with Crippen LogP contribution in [0.3, 0.4) is 0 Å². The van der Waals surface area contributed by atoms with Gasteiger partial charge in [-0.05, 0) is 60.6 Å². The van der Waals surface area contributed by atoms with Gasteiger partial charge >= 0.3 is 11.9 Å². The lowest BCUT2D eigenvalue weighted by atomic mass is 9.63. The van der Waals surface area contributed by atoms with Crippen molar-refractivity contribution < 1.29 is 19.1 Å². The molecule has 0 aromatic heterocycles. The van der Waals surface area contributed by atoms with Gasteiger partial charge in [-0.25, -0.2) is 0 Å². The van der Waals surface area contributed by atoms with E-state index in [1.807, 2.05) is 18.7 Å². The molecule has 210 valence electrons. The number of nitrogens with zero attached hydrogens (tertiary/aromatic N) is 3. The molecule has 4 rings (SSSR count). The van der Waals surface area contributed by atoms with Gasteiger partial charge in [0.25, 0.3) is 0 Å². The molecule has 2 heterocycles. The molecule has 1 aromatic rings. The lowest BCUT2D eigenvalue weighted by molar-refractivity contribution is -0.151. The van der Waals surface area contributed by atoms with Crippen LogP contribution in [0.5, 0.6) is 0 Å². The van der Waals surface area contributed by atoms with Crippen LogP contribution in [0, 0.1) is 0 Å². The second-order valence-corrected chi connectivity index (χ2v) is 12.9. The summed E-state index contributed by atoms with van der Waals surface area (Å²) < 4.78 is 10.4. The minimum atomic E-state index is -0.421. The van der Waals surface area contributed by atoms with E-state index in [9.17, 15) is 9.59 Å². The number of aliphatic imine (C=N–C) groups is 1. The van der Waals surface area contributed by atoms with E-state index in [1.54, 1.807) is 6.92 Å². The fourth-order valence-corrected chi connectivity index (χ4v) is 7.06. The Kier molecular flexibility index (Phi) is 9.13. The number of rotatable bonds is 8. The number of esters is 2. The van der Waals surface area contributed by atoms with Crippen LogP contribution in [0.15, 0.2) is 23.2 Å². The number of fused-ring (bicyclic) bond motifs is 1. The van der Waals surface area contributed by atoms with E-state index >= 15 is 0 Å². The standard InChI is InChI=1S/C30H45N3O4S/c1-7-36-26(34)12-11-25(27(35)37-8-2)32-15-17-33(18-16-32)28-31-24(20-38-28)21-9-10-22-23(19-21)30(5,6)14-13-29(22,3)4/h9-10,19,24-25H,7-8,11-18,20H2,1-6H3. The van der Waals surface area contributed by atoms with Crippen molar-refractivity contribution in [1.82, 2.24) is 9.80 Å². The van der Waals surface area contributed by atoms with Crippen molar-refractivity contribution in [1.29, 1.82) is 0 Å². The van der Waals surface area contributed by atoms with Gasteiger partial charge in [-0.15, -0.1) is 0 Å². The number of hydrogen-bond donors (Lipinski definition) is 0. The molecule has 0 saturated carbocycles. The van der Waals surface area contributed by atoms with Crippen LogP contribution in [0.1, 0.15) is 90.0 Å². The molecule has 7 nitrogen and oxygen atoms in total. The van der Waals surface area contributed by atoms with Gasteiger partial charge in [-0.2, -0.15) is 0 Å². The predicted octanol–water partition coefficient (Wildman–Crippen LogP) is 5.07. The molecule has 1 saturated heterocycles. The number of carbonyl (C=O) groups is 2. The molecule has 8 heteroatoms. The Labute approximate surface area is 232 Å². The SMILES string of the molecule is CCOC(=O)CCC(C(=O)OCC)N1CCN(C2=NC(c3ccc4c(c3)C(C)(C)CCC4(C)C)CS2)CC1. The first-order valence-electron chi connectivity index (χ1n) is 14.2. The van der Waals surface area contributed by atoms with Crippen LogP contribution in [-0.2, 0) is 29.9 Å². The first-order chi connectivity index (χ1) is 18.1. The number of thioether (sulfide) groups is 1. The molecular formula is C30H45N3O4S. The topological polar surface area (TPSA) is 71.4 Å². The number of ether oxygens (including phenoxy) is 2. The molecule has 1 fully saturated rings. The quantitative estimate of drug-likeness (QED) is 0.424.